The van der Waals surface area contributed by atoms with Gasteiger partial charge in [-0.1, -0.05) is 129 Å². The van der Waals surface area contributed by atoms with Crippen molar-refractivity contribution >= 4 is 80.1 Å². The third-order valence-corrected chi connectivity index (χ3v) is 13.9. The van der Waals surface area contributed by atoms with Crippen molar-refractivity contribution in [1.29, 1.82) is 0 Å². The monoisotopic (exact) mass is 725 g/mol. The first-order valence-electron chi connectivity index (χ1n) is 18.6. The van der Waals surface area contributed by atoms with Gasteiger partial charge < -0.3 is 4.90 Å². The van der Waals surface area contributed by atoms with Crippen LogP contribution in [0.3, 0.4) is 0 Å². The Kier molecular flexibility index (Phi) is 7.01. The second-order valence-electron chi connectivity index (χ2n) is 14.9. The summed E-state index contributed by atoms with van der Waals surface area (Å²) in [5.74, 6) is 0. The van der Waals surface area contributed by atoms with E-state index >= 15 is 0 Å². The van der Waals surface area contributed by atoms with Gasteiger partial charge in [0.05, 0.1) is 0 Å². The zero-order chi connectivity index (χ0) is 36.0. The molecule has 0 fully saturated rings. The fraction of sp³-hybridized carbons (Fsp3) is 0.0588. The molecule has 1 nitrogen and oxygen atoms in total. The molecular weight excluding hydrogens is 691 g/mol. The van der Waals surface area contributed by atoms with Gasteiger partial charge in [-0.05, 0) is 105 Å². The van der Waals surface area contributed by atoms with Crippen molar-refractivity contribution in [2.45, 2.75) is 19.3 Å². The van der Waals surface area contributed by atoms with Gasteiger partial charge in [0.1, 0.15) is 0 Å². The second-order valence-corrected chi connectivity index (χ2v) is 17.1. The predicted molar refractivity (Wildman–Crippen MR) is 235 cm³/mol. The molecule has 0 unspecified atom stereocenters. The van der Waals surface area contributed by atoms with Gasteiger partial charge in [-0.2, -0.15) is 0 Å². The third-order valence-electron chi connectivity index (χ3n) is 11.5. The van der Waals surface area contributed by atoms with Crippen LogP contribution in [0.1, 0.15) is 25.0 Å². The Hall–Kier alpha value is -6.00. The lowest BCUT2D eigenvalue weighted by Crippen LogP contribution is -2.16. The smallest absolute Gasteiger partial charge is 0.0465 e. The maximum atomic E-state index is 2.42. The number of nitrogens with zero attached hydrogens (tertiary/aromatic N) is 1. The zero-order valence-corrected chi connectivity index (χ0v) is 31.6. The maximum Gasteiger partial charge on any atom is 0.0465 e. The molecule has 0 saturated carbocycles. The summed E-state index contributed by atoms with van der Waals surface area (Å²) in [7, 11) is 0. The van der Waals surface area contributed by atoms with Crippen LogP contribution in [0.2, 0.25) is 0 Å². The minimum Gasteiger partial charge on any atom is -0.310 e. The van der Waals surface area contributed by atoms with Crippen LogP contribution in [-0.4, -0.2) is 0 Å². The van der Waals surface area contributed by atoms with Crippen LogP contribution >= 0.6 is 22.7 Å². The molecule has 0 atom stereocenters. The van der Waals surface area contributed by atoms with Crippen LogP contribution in [0, 0.1) is 0 Å². The molecule has 0 aliphatic heterocycles. The van der Waals surface area contributed by atoms with Crippen LogP contribution in [0.5, 0.6) is 0 Å². The molecule has 8 aromatic carbocycles. The summed E-state index contributed by atoms with van der Waals surface area (Å²) in [5.41, 5.74) is 13.7. The molecule has 54 heavy (non-hydrogen) atoms. The number of rotatable bonds is 5. The largest absolute Gasteiger partial charge is 0.310 e. The molecule has 256 valence electrons. The number of hydrogen-bond acceptors (Lipinski definition) is 3. The molecular formula is C51H35NS2. The first kappa shape index (κ1) is 31.5. The summed E-state index contributed by atoms with van der Waals surface area (Å²) >= 11 is 3.75. The number of benzene rings is 8. The fourth-order valence-corrected chi connectivity index (χ4v) is 11.1. The first-order chi connectivity index (χ1) is 26.5. The van der Waals surface area contributed by atoms with Gasteiger partial charge in [0.15, 0.2) is 0 Å². The highest BCUT2D eigenvalue weighted by molar-refractivity contribution is 7.26. The van der Waals surface area contributed by atoms with E-state index in [2.05, 4.69) is 195 Å². The lowest BCUT2D eigenvalue weighted by Gasteiger charge is -2.28. The van der Waals surface area contributed by atoms with E-state index in [4.69, 9.17) is 0 Å². The van der Waals surface area contributed by atoms with Crippen molar-refractivity contribution in [3.8, 4) is 33.4 Å². The van der Waals surface area contributed by atoms with E-state index in [1.54, 1.807) is 0 Å². The van der Waals surface area contributed by atoms with E-state index in [1.807, 2.05) is 22.7 Å². The summed E-state index contributed by atoms with van der Waals surface area (Å²) in [6, 6.07) is 65.3. The molecule has 0 radical (unpaired) electrons. The number of fused-ring (bicyclic) bond motifs is 9. The minimum absolute atomic E-state index is 0.0886. The Morgan fingerprint density at radius 2 is 0.926 bits per heavy atom. The van der Waals surface area contributed by atoms with Gasteiger partial charge >= 0.3 is 0 Å². The van der Waals surface area contributed by atoms with Gasteiger partial charge in [0.25, 0.3) is 0 Å². The Bertz CT molecular complexity index is 3070. The molecule has 2 heterocycles. The zero-order valence-electron chi connectivity index (χ0n) is 30.0. The van der Waals surface area contributed by atoms with Crippen molar-refractivity contribution in [3.63, 3.8) is 0 Å². The highest BCUT2D eigenvalue weighted by Crippen LogP contribution is 2.51. The highest BCUT2D eigenvalue weighted by Gasteiger charge is 2.35. The molecule has 11 rings (SSSR count). The topological polar surface area (TPSA) is 3.24 Å². The third kappa shape index (κ3) is 4.82. The van der Waals surface area contributed by atoms with Crippen LogP contribution in [0.4, 0.5) is 17.1 Å². The van der Waals surface area contributed by atoms with E-state index < -0.39 is 0 Å². The first-order valence-corrected chi connectivity index (χ1v) is 20.2. The standard InChI is InChI=1S/C51H35NS2/c1-51(2)45-15-6-3-10-39(45)40-28-27-37(31-46(40)51)52(35-23-18-32(19-24-35)34-22-29-49-44(30-34)42-12-5-7-16-47(42)53-49)36-25-20-33(21-26-36)38-13-9-14-43-41-11-4-8-17-48(41)54-50(38)43/h3-31H,1-2H3. The summed E-state index contributed by atoms with van der Waals surface area (Å²) < 4.78 is 5.34. The van der Waals surface area contributed by atoms with E-state index in [0.717, 1.165) is 17.1 Å². The van der Waals surface area contributed by atoms with Crippen LogP contribution in [0.25, 0.3) is 73.7 Å². The lowest BCUT2D eigenvalue weighted by atomic mass is 9.82. The number of anilines is 3. The number of thiophene rings is 2. The fourth-order valence-electron chi connectivity index (χ4n) is 8.75. The van der Waals surface area contributed by atoms with Crippen molar-refractivity contribution in [2.75, 3.05) is 4.90 Å². The van der Waals surface area contributed by atoms with Crippen LogP contribution in [0.15, 0.2) is 176 Å². The van der Waals surface area contributed by atoms with E-state index in [-0.39, 0.29) is 5.41 Å². The molecule has 0 amide bonds. The van der Waals surface area contributed by atoms with Crippen molar-refractivity contribution < 1.29 is 0 Å². The molecule has 1 aliphatic carbocycles. The Labute approximate surface area is 323 Å². The summed E-state index contributed by atoms with van der Waals surface area (Å²) in [6.45, 7) is 4.72. The average molecular weight is 726 g/mol. The van der Waals surface area contributed by atoms with E-state index in [0.29, 0.717) is 0 Å². The van der Waals surface area contributed by atoms with Gasteiger partial charge in [-0.15, -0.1) is 22.7 Å². The molecule has 2 aromatic heterocycles. The van der Waals surface area contributed by atoms with Gasteiger partial charge in [-0.3, -0.25) is 0 Å². The average Bonchev–Trinajstić information content (AvgIpc) is 3.86. The van der Waals surface area contributed by atoms with E-state index in [9.17, 15) is 0 Å². The highest BCUT2D eigenvalue weighted by atomic mass is 32.1. The SMILES string of the molecule is CC1(C)c2ccccc2-c2ccc(N(c3ccc(-c4ccc5sc6ccccc6c5c4)cc3)c3ccc(-c4cccc5c4sc4ccccc45)cc3)cc21. The van der Waals surface area contributed by atoms with Gasteiger partial charge in [0, 0.05) is 62.8 Å². The molecule has 10 aromatic rings. The van der Waals surface area contributed by atoms with E-state index in [1.165, 1.54) is 84.9 Å². The van der Waals surface area contributed by atoms with Crippen LogP contribution < -0.4 is 4.90 Å². The quantitative estimate of drug-likeness (QED) is 0.171. The van der Waals surface area contributed by atoms with Crippen molar-refractivity contribution in [2.24, 2.45) is 0 Å². The summed E-state index contributed by atoms with van der Waals surface area (Å²) in [6.07, 6.45) is 0. The molecule has 0 saturated heterocycles. The van der Waals surface area contributed by atoms with Crippen molar-refractivity contribution in [1.82, 2.24) is 0 Å². The Morgan fingerprint density at radius 3 is 1.70 bits per heavy atom. The molecule has 0 bridgehead atoms. The molecule has 0 spiro atoms. The summed E-state index contributed by atoms with van der Waals surface area (Å²) in [4.78, 5) is 2.42. The van der Waals surface area contributed by atoms with Crippen LogP contribution in [-0.2, 0) is 5.41 Å². The summed E-state index contributed by atoms with van der Waals surface area (Å²) in [5, 5.41) is 5.31. The number of hydrogen-bond donors (Lipinski definition) is 0. The predicted octanol–water partition coefficient (Wildman–Crippen LogP) is 15.5. The normalized spacial score (nSPS) is 13.1. The van der Waals surface area contributed by atoms with Gasteiger partial charge in [-0.25, -0.2) is 0 Å². The Morgan fingerprint density at radius 1 is 0.370 bits per heavy atom. The van der Waals surface area contributed by atoms with Crippen molar-refractivity contribution in [3.05, 3.63) is 187 Å². The van der Waals surface area contributed by atoms with Gasteiger partial charge in [0.2, 0.25) is 0 Å². The molecule has 0 N–H and O–H groups in total. The second kappa shape index (κ2) is 12.0. The Balaban J connectivity index is 1.02. The molecule has 3 heteroatoms. The maximum absolute atomic E-state index is 2.42. The molecule has 1 aliphatic rings. The lowest BCUT2D eigenvalue weighted by molar-refractivity contribution is 0.660. The minimum atomic E-state index is -0.0886.